The van der Waals surface area contributed by atoms with Crippen LogP contribution in [0.2, 0.25) is 0 Å². The summed E-state index contributed by atoms with van der Waals surface area (Å²) in [6.45, 7) is 7.43. The van der Waals surface area contributed by atoms with E-state index < -0.39 is 0 Å². The van der Waals surface area contributed by atoms with E-state index in [1.54, 1.807) is 24.3 Å². The van der Waals surface area contributed by atoms with Gasteiger partial charge in [-0.2, -0.15) is 0 Å². The Hall–Kier alpha value is -2.48. The number of allylic oxidation sites excluding steroid dienone is 2. The number of benzene rings is 2. The van der Waals surface area contributed by atoms with Crippen molar-refractivity contribution in [1.29, 1.82) is 0 Å². The van der Waals surface area contributed by atoms with Gasteiger partial charge in [0.1, 0.15) is 11.5 Å². The highest BCUT2D eigenvalue weighted by molar-refractivity contribution is 5.75. The molecule has 2 nitrogen and oxygen atoms in total. The molecule has 0 saturated heterocycles. The first kappa shape index (κ1) is 13.9. The Kier molecular flexibility index (Phi) is 4.26. The van der Waals surface area contributed by atoms with Crippen LogP contribution in [0.3, 0.4) is 0 Å². The normalized spacial score (nSPS) is 10.2. The molecule has 0 amide bonds. The molecule has 0 aliphatic rings. The molecule has 0 saturated carbocycles. The van der Waals surface area contributed by atoms with Gasteiger partial charge in [-0.25, -0.2) is 0 Å². The molecule has 0 spiro atoms. The van der Waals surface area contributed by atoms with Crippen molar-refractivity contribution in [1.82, 2.24) is 0 Å². The fourth-order valence-corrected chi connectivity index (χ4v) is 2.30. The highest BCUT2D eigenvalue weighted by Crippen LogP contribution is 2.36. The van der Waals surface area contributed by atoms with Crippen LogP contribution in [-0.4, -0.2) is 10.2 Å². The Morgan fingerprint density at radius 2 is 1.55 bits per heavy atom. The van der Waals surface area contributed by atoms with Crippen molar-refractivity contribution in [2.24, 2.45) is 0 Å². The first-order valence-electron chi connectivity index (χ1n) is 6.52. The van der Waals surface area contributed by atoms with Gasteiger partial charge in [-0.15, -0.1) is 13.2 Å². The van der Waals surface area contributed by atoms with E-state index in [9.17, 15) is 10.2 Å². The summed E-state index contributed by atoms with van der Waals surface area (Å²) >= 11 is 0. The van der Waals surface area contributed by atoms with E-state index in [0.717, 1.165) is 22.3 Å². The molecule has 0 atom stereocenters. The summed E-state index contributed by atoms with van der Waals surface area (Å²) in [5.74, 6) is 0.482. The number of rotatable bonds is 5. The van der Waals surface area contributed by atoms with Gasteiger partial charge < -0.3 is 10.2 Å². The minimum Gasteiger partial charge on any atom is -0.508 e. The van der Waals surface area contributed by atoms with Gasteiger partial charge in [0.2, 0.25) is 0 Å². The Morgan fingerprint density at radius 1 is 0.850 bits per heavy atom. The Morgan fingerprint density at radius 3 is 2.25 bits per heavy atom. The second-order valence-electron chi connectivity index (χ2n) is 4.64. The van der Waals surface area contributed by atoms with Crippen LogP contribution in [0.5, 0.6) is 11.5 Å². The Balaban J connectivity index is 2.59. The molecular formula is C18H18O2. The van der Waals surface area contributed by atoms with Crippen LogP contribution >= 0.6 is 0 Å². The number of aromatic hydroxyl groups is 2. The average Bonchev–Trinajstić information content (AvgIpc) is 2.43. The fourth-order valence-electron chi connectivity index (χ4n) is 2.30. The van der Waals surface area contributed by atoms with E-state index in [1.807, 2.05) is 24.3 Å². The van der Waals surface area contributed by atoms with Gasteiger partial charge in [-0.1, -0.05) is 36.4 Å². The first-order chi connectivity index (χ1) is 9.67. The van der Waals surface area contributed by atoms with Crippen LogP contribution in [0.1, 0.15) is 11.1 Å². The van der Waals surface area contributed by atoms with E-state index in [-0.39, 0.29) is 11.5 Å². The molecule has 2 heteroatoms. The topological polar surface area (TPSA) is 40.5 Å². The van der Waals surface area contributed by atoms with Gasteiger partial charge in [0.15, 0.2) is 0 Å². The molecule has 0 heterocycles. The zero-order valence-electron chi connectivity index (χ0n) is 11.3. The van der Waals surface area contributed by atoms with E-state index in [4.69, 9.17) is 0 Å². The monoisotopic (exact) mass is 266 g/mol. The second-order valence-corrected chi connectivity index (χ2v) is 4.64. The van der Waals surface area contributed by atoms with Crippen LogP contribution in [-0.2, 0) is 12.8 Å². The number of para-hydroxylation sites is 1. The average molecular weight is 266 g/mol. The molecule has 0 fully saturated rings. The summed E-state index contributed by atoms with van der Waals surface area (Å²) in [7, 11) is 0. The zero-order chi connectivity index (χ0) is 14.5. The third-order valence-corrected chi connectivity index (χ3v) is 3.23. The van der Waals surface area contributed by atoms with Gasteiger partial charge in [-0.05, 0) is 41.7 Å². The summed E-state index contributed by atoms with van der Waals surface area (Å²) in [4.78, 5) is 0. The molecular weight excluding hydrogens is 248 g/mol. The highest BCUT2D eigenvalue weighted by atomic mass is 16.3. The first-order valence-corrected chi connectivity index (χ1v) is 6.52. The SMILES string of the molecule is C=CCc1cc(O)ccc1-c1cccc(CC=C)c1O. The standard InChI is InChI=1S/C18H18O2/c1-3-6-13-8-5-9-17(18(13)20)16-11-10-15(19)12-14(16)7-4-2/h3-5,8-12,19-20H,1-2,6-7H2. The van der Waals surface area contributed by atoms with E-state index in [0.29, 0.717) is 12.8 Å². The molecule has 2 aromatic carbocycles. The van der Waals surface area contributed by atoms with Gasteiger partial charge >= 0.3 is 0 Å². The summed E-state index contributed by atoms with van der Waals surface area (Å²) in [5, 5.41) is 20.0. The molecule has 0 radical (unpaired) electrons. The molecule has 2 aromatic rings. The predicted octanol–water partition coefficient (Wildman–Crippen LogP) is 4.22. The van der Waals surface area contributed by atoms with E-state index in [1.165, 1.54) is 0 Å². The van der Waals surface area contributed by atoms with Crippen molar-refractivity contribution in [3.8, 4) is 22.6 Å². The lowest BCUT2D eigenvalue weighted by molar-refractivity contribution is 0.470. The third kappa shape index (κ3) is 2.75. The summed E-state index contributed by atoms with van der Waals surface area (Å²) in [5.41, 5.74) is 3.45. The van der Waals surface area contributed by atoms with Crippen LogP contribution in [0, 0.1) is 0 Å². The second kappa shape index (κ2) is 6.11. The lowest BCUT2D eigenvalue weighted by Crippen LogP contribution is -1.91. The number of hydrogen-bond acceptors (Lipinski definition) is 2. The predicted molar refractivity (Wildman–Crippen MR) is 83.0 cm³/mol. The smallest absolute Gasteiger partial charge is 0.126 e. The van der Waals surface area contributed by atoms with Crippen LogP contribution < -0.4 is 0 Å². The van der Waals surface area contributed by atoms with E-state index >= 15 is 0 Å². The molecule has 0 bridgehead atoms. The van der Waals surface area contributed by atoms with Crippen molar-refractivity contribution in [2.45, 2.75) is 12.8 Å². The minimum atomic E-state index is 0.215. The maximum absolute atomic E-state index is 10.4. The van der Waals surface area contributed by atoms with Crippen molar-refractivity contribution >= 4 is 0 Å². The number of hydrogen-bond donors (Lipinski definition) is 2. The molecule has 102 valence electrons. The Bertz CT molecular complexity index is 642. The fraction of sp³-hybridized carbons (Fsp3) is 0.111. The maximum Gasteiger partial charge on any atom is 0.126 e. The van der Waals surface area contributed by atoms with Crippen molar-refractivity contribution < 1.29 is 10.2 Å². The summed E-state index contributed by atoms with van der Waals surface area (Å²) < 4.78 is 0. The molecule has 0 aliphatic carbocycles. The van der Waals surface area contributed by atoms with Gasteiger partial charge in [-0.3, -0.25) is 0 Å². The van der Waals surface area contributed by atoms with Crippen LogP contribution in [0.4, 0.5) is 0 Å². The third-order valence-electron chi connectivity index (χ3n) is 3.23. The molecule has 0 unspecified atom stereocenters. The number of phenolic OH excluding ortho intramolecular Hbond substituents is 2. The lowest BCUT2D eigenvalue weighted by atomic mass is 9.94. The molecule has 2 rings (SSSR count). The summed E-state index contributed by atoms with van der Waals surface area (Å²) in [6.07, 6.45) is 4.80. The molecule has 2 N–H and O–H groups in total. The van der Waals surface area contributed by atoms with Crippen LogP contribution in [0.25, 0.3) is 11.1 Å². The zero-order valence-corrected chi connectivity index (χ0v) is 11.3. The largest absolute Gasteiger partial charge is 0.508 e. The van der Waals surface area contributed by atoms with E-state index in [2.05, 4.69) is 13.2 Å². The Labute approximate surface area is 119 Å². The molecule has 0 aliphatic heterocycles. The van der Waals surface area contributed by atoms with Gasteiger partial charge in [0, 0.05) is 5.56 Å². The molecule has 0 aromatic heterocycles. The minimum absolute atomic E-state index is 0.215. The quantitative estimate of drug-likeness (QED) is 0.795. The summed E-state index contributed by atoms with van der Waals surface area (Å²) in [6, 6.07) is 10.8. The van der Waals surface area contributed by atoms with Gasteiger partial charge in [0.05, 0.1) is 0 Å². The lowest BCUT2D eigenvalue weighted by Gasteiger charge is -2.13. The maximum atomic E-state index is 10.4. The van der Waals surface area contributed by atoms with Crippen molar-refractivity contribution in [3.05, 3.63) is 72.8 Å². The highest BCUT2D eigenvalue weighted by Gasteiger charge is 2.11. The van der Waals surface area contributed by atoms with Crippen LogP contribution in [0.15, 0.2) is 61.7 Å². The molecule has 20 heavy (non-hydrogen) atoms. The number of phenols is 2. The van der Waals surface area contributed by atoms with Gasteiger partial charge in [0.25, 0.3) is 0 Å². The van der Waals surface area contributed by atoms with Crippen molar-refractivity contribution in [3.63, 3.8) is 0 Å². The van der Waals surface area contributed by atoms with Crippen molar-refractivity contribution in [2.75, 3.05) is 0 Å².